The molecule has 0 radical (unpaired) electrons. The van der Waals surface area contributed by atoms with Gasteiger partial charge in [0.1, 0.15) is 30.7 Å². The van der Waals surface area contributed by atoms with Gasteiger partial charge in [-0.1, -0.05) is 86.6 Å². The summed E-state index contributed by atoms with van der Waals surface area (Å²) >= 11 is 0. The van der Waals surface area contributed by atoms with Gasteiger partial charge in [0.2, 0.25) is 17.7 Å². The predicted octanol–water partition coefficient (Wildman–Crippen LogP) is 2.13. The number of ether oxygens (including phenoxy) is 1. The highest BCUT2D eigenvalue weighted by Gasteiger charge is 2.30. The number of hydrogen-bond acceptors (Lipinski definition) is 7. The molecule has 9 N–H and O–H groups in total. The number of rotatable bonds is 20. The molecule has 0 saturated heterocycles. The van der Waals surface area contributed by atoms with Crippen LogP contribution in [0.15, 0.2) is 89.9 Å². The van der Waals surface area contributed by atoms with Crippen LogP contribution in [0.5, 0.6) is 5.75 Å². The summed E-state index contributed by atoms with van der Waals surface area (Å²) in [4.78, 5) is 56.0. The minimum absolute atomic E-state index is 0.0401. The minimum Gasteiger partial charge on any atom is -0.489 e. The van der Waals surface area contributed by atoms with Gasteiger partial charge in [0.05, 0.1) is 12.1 Å². The topological polar surface area (TPSA) is 204 Å². The maximum absolute atomic E-state index is 13.7. The van der Waals surface area contributed by atoms with E-state index in [1.54, 1.807) is 0 Å². The molecule has 12 heteroatoms. The second-order valence-corrected chi connectivity index (χ2v) is 12.4. The lowest BCUT2D eigenvalue weighted by Crippen LogP contribution is -2.57. The van der Waals surface area contributed by atoms with Crippen molar-refractivity contribution in [2.24, 2.45) is 28.1 Å². The molecular weight excluding hydrogens is 622 g/mol. The Morgan fingerprint density at radius 2 is 1.33 bits per heavy atom. The third-order valence-electron chi connectivity index (χ3n) is 7.68. The standard InChI is InChI=1S/C37H49N7O5/c1-25(2)20-32(35(47)42-29(23-45)14-9-19-41-37(39)40)44-36(48)33(22-26-10-5-3-6-11-26)43-34(46)31(38)21-27-15-17-30(18-16-27)49-24-28-12-7-4-8-13-28/h3-8,10-13,15-18,23,25,29,31-33H,9,14,19-22,24,38H2,1-2H3,(H,42,47)(H,43,46)(H,44,48)(H4,39,40,41)/t29-,31-,32-,33+/m0/s1. The van der Waals surface area contributed by atoms with E-state index in [4.69, 9.17) is 21.9 Å². The van der Waals surface area contributed by atoms with E-state index >= 15 is 0 Å². The molecule has 3 amide bonds. The predicted molar refractivity (Wildman–Crippen MR) is 190 cm³/mol. The van der Waals surface area contributed by atoms with Gasteiger partial charge in [0.25, 0.3) is 0 Å². The van der Waals surface area contributed by atoms with E-state index < -0.39 is 41.9 Å². The Morgan fingerprint density at radius 3 is 1.92 bits per heavy atom. The van der Waals surface area contributed by atoms with Gasteiger partial charge < -0.3 is 42.7 Å². The summed E-state index contributed by atoms with van der Waals surface area (Å²) in [6, 6.07) is 22.7. The van der Waals surface area contributed by atoms with Gasteiger partial charge >= 0.3 is 0 Å². The number of guanidine groups is 1. The fourth-order valence-electron chi connectivity index (χ4n) is 5.10. The molecule has 0 aliphatic carbocycles. The summed E-state index contributed by atoms with van der Waals surface area (Å²) < 4.78 is 5.85. The molecule has 0 unspecified atom stereocenters. The van der Waals surface area contributed by atoms with Gasteiger partial charge in [-0.25, -0.2) is 0 Å². The van der Waals surface area contributed by atoms with Crippen LogP contribution in [0, 0.1) is 5.92 Å². The van der Waals surface area contributed by atoms with E-state index in [1.165, 1.54) is 0 Å². The van der Waals surface area contributed by atoms with Crippen LogP contribution in [-0.2, 0) is 38.6 Å². The lowest BCUT2D eigenvalue weighted by Gasteiger charge is -2.26. The van der Waals surface area contributed by atoms with Crippen molar-refractivity contribution in [3.05, 3.63) is 102 Å². The Hall–Kier alpha value is -5.23. The smallest absolute Gasteiger partial charge is 0.243 e. The summed E-state index contributed by atoms with van der Waals surface area (Å²) in [5.41, 5.74) is 19.7. The summed E-state index contributed by atoms with van der Waals surface area (Å²) in [6.07, 6.45) is 2.17. The number of hydrogen-bond donors (Lipinski definition) is 6. The first-order chi connectivity index (χ1) is 23.5. The number of amides is 3. The molecule has 0 saturated carbocycles. The maximum Gasteiger partial charge on any atom is 0.243 e. The van der Waals surface area contributed by atoms with Gasteiger partial charge in [-0.3, -0.25) is 19.4 Å². The van der Waals surface area contributed by atoms with Gasteiger partial charge in [-0.05, 0) is 60.4 Å². The van der Waals surface area contributed by atoms with E-state index in [9.17, 15) is 19.2 Å². The number of carbonyl (C=O) groups is 4. The molecule has 3 rings (SSSR count). The van der Waals surface area contributed by atoms with E-state index in [0.717, 1.165) is 16.7 Å². The van der Waals surface area contributed by atoms with Crippen molar-refractivity contribution in [1.82, 2.24) is 16.0 Å². The Kier molecular flexibility index (Phi) is 15.8. The molecule has 0 spiro atoms. The third kappa shape index (κ3) is 14.2. The molecule has 0 aromatic heterocycles. The van der Waals surface area contributed by atoms with Crippen LogP contribution in [0.2, 0.25) is 0 Å². The van der Waals surface area contributed by atoms with Crippen LogP contribution in [0.1, 0.15) is 49.8 Å². The minimum atomic E-state index is -1.02. The van der Waals surface area contributed by atoms with Crippen molar-refractivity contribution in [3.63, 3.8) is 0 Å². The van der Waals surface area contributed by atoms with Crippen LogP contribution < -0.4 is 37.9 Å². The SMILES string of the molecule is CC(C)C[C@H](NC(=O)[C@@H](Cc1ccccc1)NC(=O)[C@@H](N)Cc1ccc(OCc2ccccc2)cc1)C(=O)N[C@H](C=O)CCCN=C(N)N. The average molecular weight is 672 g/mol. The Labute approximate surface area is 288 Å². The molecular formula is C37H49N7O5. The second-order valence-electron chi connectivity index (χ2n) is 12.4. The van der Waals surface area contributed by atoms with Gasteiger partial charge in [0.15, 0.2) is 5.96 Å². The molecule has 0 aliphatic rings. The molecule has 3 aromatic carbocycles. The number of nitrogens with one attached hydrogen (secondary N) is 3. The van der Waals surface area contributed by atoms with Gasteiger partial charge in [0, 0.05) is 13.0 Å². The van der Waals surface area contributed by atoms with Crippen LogP contribution in [0.3, 0.4) is 0 Å². The lowest BCUT2D eigenvalue weighted by molar-refractivity contribution is -0.133. The van der Waals surface area contributed by atoms with Crippen molar-refractivity contribution in [3.8, 4) is 5.75 Å². The molecule has 0 fully saturated rings. The first-order valence-electron chi connectivity index (χ1n) is 16.5. The third-order valence-corrected chi connectivity index (χ3v) is 7.68. The monoisotopic (exact) mass is 671 g/mol. The number of aliphatic imine (C=N–C) groups is 1. The summed E-state index contributed by atoms with van der Waals surface area (Å²) in [7, 11) is 0. The normalized spacial score (nSPS) is 13.3. The van der Waals surface area contributed by atoms with E-state index in [1.807, 2.05) is 98.8 Å². The lowest BCUT2D eigenvalue weighted by atomic mass is 10.00. The van der Waals surface area contributed by atoms with E-state index in [0.29, 0.717) is 44.4 Å². The van der Waals surface area contributed by atoms with E-state index in [2.05, 4.69) is 20.9 Å². The number of nitrogens with zero attached hydrogens (tertiary/aromatic N) is 1. The molecule has 0 heterocycles. The second kappa shape index (κ2) is 20.2. The summed E-state index contributed by atoms with van der Waals surface area (Å²) in [6.45, 7) is 4.59. The Bertz CT molecular complexity index is 1500. The Morgan fingerprint density at radius 1 is 0.755 bits per heavy atom. The van der Waals surface area contributed by atoms with Crippen molar-refractivity contribution in [2.75, 3.05) is 6.54 Å². The van der Waals surface area contributed by atoms with Crippen LogP contribution in [0.4, 0.5) is 0 Å². The fraction of sp³-hybridized carbons (Fsp3) is 0.378. The molecule has 0 aliphatic heterocycles. The van der Waals surface area contributed by atoms with Gasteiger partial charge in [-0.2, -0.15) is 0 Å². The van der Waals surface area contributed by atoms with Crippen molar-refractivity contribution < 1.29 is 23.9 Å². The Balaban J connectivity index is 1.65. The fourth-order valence-corrected chi connectivity index (χ4v) is 5.10. The average Bonchev–Trinajstić information content (AvgIpc) is 3.09. The van der Waals surface area contributed by atoms with Crippen molar-refractivity contribution in [2.45, 2.75) is 76.7 Å². The van der Waals surface area contributed by atoms with Crippen molar-refractivity contribution >= 4 is 30.0 Å². The first kappa shape index (κ1) is 38.2. The summed E-state index contributed by atoms with van der Waals surface area (Å²) in [5.74, 6) is -0.872. The zero-order valence-electron chi connectivity index (χ0n) is 28.2. The zero-order chi connectivity index (χ0) is 35.6. The highest BCUT2D eigenvalue weighted by atomic mass is 16.5. The summed E-state index contributed by atoms with van der Waals surface area (Å²) in [5, 5.41) is 8.33. The molecule has 3 aromatic rings. The van der Waals surface area contributed by atoms with Crippen molar-refractivity contribution in [1.29, 1.82) is 0 Å². The highest BCUT2D eigenvalue weighted by Crippen LogP contribution is 2.16. The highest BCUT2D eigenvalue weighted by molar-refractivity contribution is 5.93. The first-order valence-corrected chi connectivity index (χ1v) is 16.5. The van der Waals surface area contributed by atoms with E-state index in [-0.39, 0.29) is 24.7 Å². The maximum atomic E-state index is 13.7. The molecule has 12 nitrogen and oxygen atoms in total. The quantitative estimate of drug-likeness (QED) is 0.0453. The molecule has 49 heavy (non-hydrogen) atoms. The van der Waals surface area contributed by atoms with Crippen LogP contribution in [0.25, 0.3) is 0 Å². The molecule has 262 valence electrons. The van der Waals surface area contributed by atoms with Crippen LogP contribution >= 0.6 is 0 Å². The number of carbonyl (C=O) groups excluding carboxylic acids is 4. The van der Waals surface area contributed by atoms with Gasteiger partial charge in [-0.15, -0.1) is 0 Å². The number of benzene rings is 3. The van der Waals surface area contributed by atoms with Crippen LogP contribution in [-0.4, -0.2) is 60.7 Å². The molecule has 0 bridgehead atoms. The zero-order valence-corrected chi connectivity index (χ0v) is 28.2. The largest absolute Gasteiger partial charge is 0.489 e. The number of aldehydes is 1. The number of nitrogens with two attached hydrogens (primary N) is 3. The molecule has 4 atom stereocenters.